The Bertz CT molecular complexity index is 993. The fourth-order valence-corrected chi connectivity index (χ4v) is 3.82. The van der Waals surface area contributed by atoms with Gasteiger partial charge in [0.1, 0.15) is 11.8 Å². The molecule has 1 heterocycles. The summed E-state index contributed by atoms with van der Waals surface area (Å²) in [5, 5.41) is 13.8. The molecule has 0 aliphatic carbocycles. The van der Waals surface area contributed by atoms with Crippen molar-refractivity contribution in [2.45, 2.75) is 16.6 Å². The van der Waals surface area contributed by atoms with Gasteiger partial charge in [0, 0.05) is 0 Å². The van der Waals surface area contributed by atoms with Crippen molar-refractivity contribution < 1.29 is 31.1 Å². The van der Waals surface area contributed by atoms with Crippen molar-refractivity contribution >= 4 is 58.5 Å². The van der Waals surface area contributed by atoms with Gasteiger partial charge < -0.3 is 5.32 Å². The van der Waals surface area contributed by atoms with Crippen LogP contribution < -0.4 is 5.32 Å². The maximum absolute atomic E-state index is 13.0. The normalized spacial score (nSPS) is 12.0. The number of thioether (sulfide) groups is 2. The molecule has 162 valence electrons. The van der Waals surface area contributed by atoms with Crippen LogP contribution in [0.4, 0.5) is 32.2 Å². The van der Waals surface area contributed by atoms with E-state index in [9.17, 15) is 36.4 Å². The highest BCUT2D eigenvalue weighted by atomic mass is 35.5. The lowest BCUT2D eigenvalue weighted by atomic mass is 10.2. The molecule has 30 heavy (non-hydrogen) atoms. The van der Waals surface area contributed by atoms with Gasteiger partial charge in [-0.1, -0.05) is 23.2 Å². The number of hydrogen-bond acceptors (Lipinski definition) is 5. The van der Waals surface area contributed by atoms with E-state index in [-0.39, 0.29) is 5.75 Å². The third kappa shape index (κ3) is 5.69. The van der Waals surface area contributed by atoms with Gasteiger partial charge in [-0.05, 0) is 30.2 Å². The summed E-state index contributed by atoms with van der Waals surface area (Å²) < 4.78 is 78.5. The number of aromatic nitrogens is 2. The molecule has 0 radical (unpaired) electrons. The summed E-state index contributed by atoms with van der Waals surface area (Å²) in [6.45, 7) is 0. The molecule has 5 nitrogen and oxygen atoms in total. The Morgan fingerprint density at radius 2 is 1.80 bits per heavy atom. The van der Waals surface area contributed by atoms with Crippen LogP contribution in [0.25, 0.3) is 5.69 Å². The summed E-state index contributed by atoms with van der Waals surface area (Å²) in [4.78, 5) is 11.2. The Morgan fingerprint density at radius 1 is 1.23 bits per heavy atom. The summed E-state index contributed by atoms with van der Waals surface area (Å²) in [5.41, 5.74) is -7.22. The van der Waals surface area contributed by atoms with Crippen molar-refractivity contribution in [3.05, 3.63) is 33.4 Å². The number of amides is 1. The minimum Gasteiger partial charge on any atom is -0.309 e. The summed E-state index contributed by atoms with van der Waals surface area (Å²) in [7, 11) is 0. The van der Waals surface area contributed by atoms with Crippen LogP contribution in [0.3, 0.4) is 0 Å². The molecule has 2 aromatic rings. The Morgan fingerprint density at radius 3 is 2.23 bits per heavy atom. The van der Waals surface area contributed by atoms with Crippen molar-refractivity contribution in [2.75, 3.05) is 17.3 Å². The van der Waals surface area contributed by atoms with Gasteiger partial charge in [0.25, 0.3) is 0 Å². The van der Waals surface area contributed by atoms with Crippen LogP contribution in [0.2, 0.25) is 10.0 Å². The summed E-state index contributed by atoms with van der Waals surface area (Å²) in [5.74, 6) is -1.50. The fraction of sp³-hybridized carbons (Fsp3) is 0.267. The quantitative estimate of drug-likeness (QED) is 0.397. The standard InChI is InChI=1S/C15H8Cl2F6N4OS2/c1-29-5-10(28)25-13-12(30-15(21,22)23)9(4-24)26-27(13)11-7(16)2-6(3-8(11)17)14(18,19)20/h2-3H,5H2,1H3,(H,25,28). The van der Waals surface area contributed by atoms with Gasteiger partial charge in [0.15, 0.2) is 11.5 Å². The lowest BCUT2D eigenvalue weighted by molar-refractivity contribution is -0.137. The second-order valence-electron chi connectivity index (χ2n) is 5.37. The maximum atomic E-state index is 13.0. The lowest BCUT2D eigenvalue weighted by Gasteiger charge is -2.15. The van der Waals surface area contributed by atoms with E-state index in [0.717, 1.165) is 11.8 Å². The van der Waals surface area contributed by atoms with E-state index in [2.05, 4.69) is 10.4 Å². The second kappa shape index (κ2) is 9.17. The monoisotopic (exact) mass is 508 g/mol. The average molecular weight is 509 g/mol. The van der Waals surface area contributed by atoms with Crippen molar-refractivity contribution in [3.63, 3.8) is 0 Å². The Hall–Kier alpha value is -1.75. The van der Waals surface area contributed by atoms with Crippen molar-refractivity contribution in [1.29, 1.82) is 5.26 Å². The number of anilines is 1. The van der Waals surface area contributed by atoms with Crippen LogP contribution in [0, 0.1) is 11.3 Å². The average Bonchev–Trinajstić information content (AvgIpc) is 2.89. The SMILES string of the molecule is CSCC(=O)Nc1c(SC(F)(F)F)c(C#N)nn1-c1c(Cl)cc(C(F)(F)F)cc1Cl. The molecule has 15 heteroatoms. The molecule has 0 saturated carbocycles. The number of rotatable bonds is 5. The number of alkyl halides is 6. The number of nitrogens with one attached hydrogen (secondary N) is 1. The van der Waals surface area contributed by atoms with Crippen molar-refractivity contribution in [2.24, 2.45) is 0 Å². The van der Waals surface area contributed by atoms with E-state index < -0.39 is 67.1 Å². The largest absolute Gasteiger partial charge is 0.446 e. The number of carbonyl (C=O) groups excluding carboxylic acids is 1. The molecule has 1 aromatic carbocycles. The molecule has 2 rings (SSSR count). The predicted molar refractivity (Wildman–Crippen MR) is 102 cm³/mol. The van der Waals surface area contributed by atoms with E-state index in [1.165, 1.54) is 6.07 Å². The Kier molecular flexibility index (Phi) is 7.49. The molecule has 0 aliphatic heterocycles. The van der Waals surface area contributed by atoms with Gasteiger partial charge in [0.05, 0.1) is 26.3 Å². The first kappa shape index (κ1) is 24.5. The second-order valence-corrected chi connectivity index (χ2v) is 8.12. The number of benzene rings is 1. The number of halogens is 8. The lowest BCUT2D eigenvalue weighted by Crippen LogP contribution is -2.18. The van der Waals surface area contributed by atoms with Gasteiger partial charge in [-0.3, -0.25) is 4.79 Å². The van der Waals surface area contributed by atoms with Crippen molar-refractivity contribution in [3.8, 4) is 11.8 Å². The van der Waals surface area contributed by atoms with Crippen LogP contribution in [0.15, 0.2) is 17.0 Å². The van der Waals surface area contributed by atoms with Gasteiger partial charge in [-0.2, -0.15) is 48.5 Å². The minimum absolute atomic E-state index is 0.155. The first-order chi connectivity index (χ1) is 13.8. The van der Waals surface area contributed by atoms with Crippen LogP contribution >= 0.6 is 46.7 Å². The molecular formula is C15H8Cl2F6N4OS2. The van der Waals surface area contributed by atoms with Crippen LogP contribution in [0.5, 0.6) is 0 Å². The van der Waals surface area contributed by atoms with Gasteiger partial charge in [-0.25, -0.2) is 4.68 Å². The zero-order valence-corrected chi connectivity index (χ0v) is 17.6. The smallest absolute Gasteiger partial charge is 0.309 e. The zero-order chi connectivity index (χ0) is 22.9. The molecule has 0 unspecified atom stereocenters. The highest BCUT2D eigenvalue weighted by Gasteiger charge is 2.37. The first-order valence-electron chi connectivity index (χ1n) is 7.42. The van der Waals surface area contributed by atoms with Crippen LogP contribution in [-0.2, 0) is 11.0 Å². The van der Waals surface area contributed by atoms with E-state index >= 15 is 0 Å². The number of nitriles is 1. The predicted octanol–water partition coefficient (Wildman–Crippen LogP) is 5.98. The van der Waals surface area contributed by atoms with Crippen LogP contribution in [0.1, 0.15) is 11.3 Å². The van der Waals surface area contributed by atoms with Gasteiger partial charge in [0.2, 0.25) is 5.91 Å². The Balaban J connectivity index is 2.76. The van der Waals surface area contributed by atoms with E-state index in [1.54, 1.807) is 6.26 Å². The van der Waals surface area contributed by atoms with Crippen LogP contribution in [-0.4, -0.2) is 33.2 Å². The molecule has 1 amide bonds. The number of hydrogen-bond donors (Lipinski definition) is 1. The molecule has 1 N–H and O–H groups in total. The highest BCUT2D eigenvalue weighted by Crippen LogP contribution is 2.45. The molecule has 0 saturated heterocycles. The highest BCUT2D eigenvalue weighted by molar-refractivity contribution is 8.00. The third-order valence-corrected chi connectivity index (χ3v) is 5.20. The van der Waals surface area contributed by atoms with Gasteiger partial charge >= 0.3 is 11.7 Å². The number of nitrogens with zero attached hydrogens (tertiary/aromatic N) is 3. The molecule has 0 spiro atoms. The minimum atomic E-state index is -4.85. The molecule has 0 atom stereocenters. The third-order valence-electron chi connectivity index (χ3n) is 3.25. The summed E-state index contributed by atoms with van der Waals surface area (Å²) >= 11 is 12.2. The fourth-order valence-electron chi connectivity index (χ4n) is 2.19. The molecule has 0 aliphatic rings. The van der Waals surface area contributed by atoms with E-state index in [0.29, 0.717) is 16.8 Å². The topological polar surface area (TPSA) is 70.7 Å². The Labute approximate surface area is 183 Å². The van der Waals surface area contributed by atoms with Gasteiger partial charge in [-0.15, -0.1) is 0 Å². The molecular weight excluding hydrogens is 501 g/mol. The maximum Gasteiger partial charge on any atom is 0.446 e. The van der Waals surface area contributed by atoms with E-state index in [4.69, 9.17) is 23.2 Å². The van der Waals surface area contributed by atoms with Crippen molar-refractivity contribution in [1.82, 2.24) is 9.78 Å². The summed E-state index contributed by atoms with van der Waals surface area (Å²) in [6.07, 6.45) is -3.23. The van der Waals surface area contributed by atoms with E-state index in [1.807, 2.05) is 0 Å². The molecule has 0 bridgehead atoms. The zero-order valence-electron chi connectivity index (χ0n) is 14.5. The first-order valence-corrected chi connectivity index (χ1v) is 10.4. The summed E-state index contributed by atoms with van der Waals surface area (Å²) in [6, 6.07) is 2.45. The molecule has 1 aromatic heterocycles. The molecule has 0 fully saturated rings. The number of carbonyl (C=O) groups is 1.